The van der Waals surface area contributed by atoms with Crippen LogP contribution in [0.3, 0.4) is 0 Å². The van der Waals surface area contributed by atoms with E-state index in [0.29, 0.717) is 22.2 Å². The predicted octanol–water partition coefficient (Wildman–Crippen LogP) is 4.16. The Bertz CT molecular complexity index is 1800. The van der Waals surface area contributed by atoms with E-state index in [4.69, 9.17) is 15.2 Å². The van der Waals surface area contributed by atoms with Crippen LogP contribution in [0.1, 0.15) is 29.9 Å². The standard InChI is InChI=1S/C28H27F4N7O3/c1-34-23(15-5-6-15)22(24(33)42-4)25-35-11-16-7-8-20(40)39(26(16)37-25)12-14-9-17(29)21(18(10-14)41-3)27-36-19(13-38(27)2)28(30,31)32/h7-11,13,15H,5-6,12,33H2,1-4H3. The third kappa shape index (κ3) is 5.31. The lowest BCUT2D eigenvalue weighted by Crippen LogP contribution is -2.22. The van der Waals surface area contributed by atoms with E-state index in [1.165, 1.54) is 38.0 Å². The molecule has 0 amide bonds. The first-order valence-corrected chi connectivity index (χ1v) is 12.8. The Morgan fingerprint density at radius 3 is 2.52 bits per heavy atom. The van der Waals surface area contributed by atoms with Crippen LogP contribution in [0.25, 0.3) is 28.0 Å². The van der Waals surface area contributed by atoms with Crippen molar-refractivity contribution < 1.29 is 27.0 Å². The minimum absolute atomic E-state index is 0.0534. The number of aromatic nitrogens is 5. The quantitative estimate of drug-likeness (QED) is 0.187. The number of pyridine rings is 1. The molecule has 42 heavy (non-hydrogen) atoms. The number of hydrogen-bond donors (Lipinski definition) is 1. The lowest BCUT2D eigenvalue weighted by Gasteiger charge is -2.15. The number of aryl methyl sites for hydroxylation is 1. The maximum atomic E-state index is 15.5. The molecule has 0 radical (unpaired) electrons. The van der Waals surface area contributed by atoms with E-state index in [9.17, 15) is 18.0 Å². The van der Waals surface area contributed by atoms with Crippen LogP contribution in [0.5, 0.6) is 5.75 Å². The second kappa shape index (κ2) is 10.9. The van der Waals surface area contributed by atoms with Gasteiger partial charge in [-0.05, 0) is 36.6 Å². The summed E-state index contributed by atoms with van der Waals surface area (Å²) in [6, 6.07) is 5.47. The number of fused-ring (bicyclic) bond motifs is 1. The molecule has 10 nitrogen and oxygen atoms in total. The molecule has 4 aromatic rings. The maximum absolute atomic E-state index is 15.5. The van der Waals surface area contributed by atoms with Gasteiger partial charge in [-0.1, -0.05) is 0 Å². The predicted molar refractivity (Wildman–Crippen MR) is 147 cm³/mol. The average molecular weight is 586 g/mol. The summed E-state index contributed by atoms with van der Waals surface area (Å²) in [7, 11) is 5.66. The Morgan fingerprint density at radius 2 is 1.93 bits per heavy atom. The highest BCUT2D eigenvalue weighted by molar-refractivity contribution is 6.25. The maximum Gasteiger partial charge on any atom is 0.434 e. The highest BCUT2D eigenvalue weighted by Crippen LogP contribution is 2.38. The Labute approximate surface area is 237 Å². The van der Waals surface area contributed by atoms with Crippen LogP contribution in [0.4, 0.5) is 17.6 Å². The van der Waals surface area contributed by atoms with Crippen molar-refractivity contribution in [2.24, 2.45) is 23.7 Å². The van der Waals surface area contributed by atoms with Crippen molar-refractivity contribution in [2.45, 2.75) is 25.6 Å². The zero-order valence-corrected chi connectivity index (χ0v) is 23.2. The van der Waals surface area contributed by atoms with Crippen LogP contribution < -0.4 is 16.0 Å². The summed E-state index contributed by atoms with van der Waals surface area (Å²) in [4.78, 5) is 30.1. The summed E-state index contributed by atoms with van der Waals surface area (Å²) < 4.78 is 68.3. The van der Waals surface area contributed by atoms with Gasteiger partial charge in [-0.2, -0.15) is 13.2 Å². The van der Waals surface area contributed by atoms with Crippen molar-refractivity contribution in [3.63, 3.8) is 0 Å². The summed E-state index contributed by atoms with van der Waals surface area (Å²) in [5, 5.41) is 0.534. The summed E-state index contributed by atoms with van der Waals surface area (Å²) >= 11 is 0. The van der Waals surface area contributed by atoms with Gasteiger partial charge >= 0.3 is 6.18 Å². The molecule has 0 bridgehead atoms. The van der Waals surface area contributed by atoms with Crippen molar-refractivity contribution in [1.82, 2.24) is 24.1 Å². The van der Waals surface area contributed by atoms with Crippen LogP contribution in [0.2, 0.25) is 0 Å². The lowest BCUT2D eigenvalue weighted by atomic mass is 10.1. The van der Waals surface area contributed by atoms with E-state index in [1.807, 2.05) is 0 Å². The van der Waals surface area contributed by atoms with Crippen LogP contribution in [-0.4, -0.2) is 51.1 Å². The first kappa shape index (κ1) is 28.8. The number of aliphatic imine (C=N–C) groups is 1. The molecular formula is C28H27F4N7O3. The Balaban J connectivity index is 1.61. The van der Waals surface area contributed by atoms with Gasteiger partial charge < -0.3 is 19.8 Å². The van der Waals surface area contributed by atoms with E-state index < -0.39 is 23.2 Å². The third-order valence-electron chi connectivity index (χ3n) is 6.94. The van der Waals surface area contributed by atoms with Crippen molar-refractivity contribution >= 4 is 22.3 Å². The van der Waals surface area contributed by atoms with Gasteiger partial charge in [-0.3, -0.25) is 14.4 Å². The highest BCUT2D eigenvalue weighted by atomic mass is 19.4. The van der Waals surface area contributed by atoms with Crippen LogP contribution in [0.15, 0.2) is 52.3 Å². The second-order valence-corrected chi connectivity index (χ2v) is 9.77. The van der Waals surface area contributed by atoms with Gasteiger partial charge in [0.25, 0.3) is 5.56 Å². The highest BCUT2D eigenvalue weighted by Gasteiger charge is 2.36. The zero-order chi connectivity index (χ0) is 30.3. The molecule has 1 aliphatic carbocycles. The fourth-order valence-electron chi connectivity index (χ4n) is 4.77. The molecule has 2 N–H and O–H groups in total. The van der Waals surface area contributed by atoms with E-state index in [-0.39, 0.29) is 47.0 Å². The summed E-state index contributed by atoms with van der Waals surface area (Å²) in [5.74, 6) is -0.706. The van der Waals surface area contributed by atoms with Gasteiger partial charge in [-0.25, -0.2) is 19.3 Å². The van der Waals surface area contributed by atoms with Crippen LogP contribution in [0, 0.1) is 11.7 Å². The van der Waals surface area contributed by atoms with E-state index in [0.717, 1.165) is 29.7 Å². The SMILES string of the molecule is CN=C(C(=C(N)OC)c1ncc2ccc(=O)n(Cc3cc(F)c(-c4nc(C(F)(F)F)cn4C)c(OC)c3)c2n1)C1CC1. The zero-order valence-electron chi connectivity index (χ0n) is 23.2. The number of rotatable bonds is 8. The van der Waals surface area contributed by atoms with Gasteiger partial charge in [-0.15, -0.1) is 0 Å². The van der Waals surface area contributed by atoms with E-state index in [2.05, 4.69) is 19.9 Å². The minimum Gasteiger partial charge on any atom is -0.496 e. The number of methoxy groups -OCH3 is 2. The fraction of sp³-hybridized carbons (Fsp3) is 0.321. The molecule has 0 atom stereocenters. The minimum atomic E-state index is -4.71. The van der Waals surface area contributed by atoms with Crippen LogP contribution in [-0.2, 0) is 24.5 Å². The summed E-state index contributed by atoms with van der Waals surface area (Å²) in [6.07, 6.45) is -0.525. The van der Waals surface area contributed by atoms with E-state index >= 15 is 4.39 Å². The van der Waals surface area contributed by atoms with Crippen molar-refractivity contribution in [3.05, 3.63) is 75.8 Å². The largest absolute Gasteiger partial charge is 0.496 e. The Kier molecular flexibility index (Phi) is 7.47. The third-order valence-corrected chi connectivity index (χ3v) is 6.94. The second-order valence-electron chi connectivity index (χ2n) is 9.77. The fourth-order valence-corrected chi connectivity index (χ4v) is 4.77. The molecular weight excluding hydrogens is 558 g/mol. The number of hydrogen-bond acceptors (Lipinski definition) is 8. The molecule has 1 aliphatic rings. The number of ether oxygens (including phenoxy) is 2. The molecule has 1 saturated carbocycles. The van der Waals surface area contributed by atoms with E-state index in [1.54, 1.807) is 19.3 Å². The average Bonchev–Trinajstić information content (AvgIpc) is 3.72. The molecule has 1 aromatic carbocycles. The Hall–Kier alpha value is -4.75. The number of halogens is 4. The smallest absolute Gasteiger partial charge is 0.434 e. The van der Waals surface area contributed by atoms with Gasteiger partial charge in [0, 0.05) is 43.9 Å². The van der Waals surface area contributed by atoms with Gasteiger partial charge in [0.1, 0.15) is 28.6 Å². The molecule has 0 saturated heterocycles. The molecule has 0 unspecified atom stereocenters. The number of benzene rings is 1. The molecule has 220 valence electrons. The number of nitrogens with two attached hydrogens (primary N) is 1. The molecule has 14 heteroatoms. The lowest BCUT2D eigenvalue weighted by molar-refractivity contribution is -0.140. The number of alkyl halides is 3. The summed E-state index contributed by atoms with van der Waals surface area (Å²) in [6.45, 7) is -0.134. The van der Waals surface area contributed by atoms with Crippen LogP contribution >= 0.6 is 0 Å². The topological polar surface area (TPSA) is 122 Å². The van der Waals surface area contributed by atoms with Gasteiger partial charge in [0.05, 0.1) is 32.0 Å². The molecule has 3 heterocycles. The van der Waals surface area contributed by atoms with Crippen molar-refractivity contribution in [2.75, 3.05) is 21.3 Å². The molecule has 0 aliphatic heterocycles. The number of nitrogens with zero attached hydrogens (tertiary/aromatic N) is 6. The number of allylic oxidation sites excluding steroid dienone is 1. The molecule has 3 aromatic heterocycles. The first-order valence-electron chi connectivity index (χ1n) is 12.8. The molecule has 1 fully saturated rings. The monoisotopic (exact) mass is 585 g/mol. The first-order chi connectivity index (χ1) is 20.0. The van der Waals surface area contributed by atoms with Crippen molar-refractivity contribution in [1.29, 1.82) is 0 Å². The van der Waals surface area contributed by atoms with Crippen molar-refractivity contribution in [3.8, 4) is 17.1 Å². The Morgan fingerprint density at radius 1 is 1.19 bits per heavy atom. The van der Waals surface area contributed by atoms with Gasteiger partial charge in [0.2, 0.25) is 0 Å². The normalized spacial score (nSPS) is 14.7. The van der Waals surface area contributed by atoms with Gasteiger partial charge in [0.15, 0.2) is 17.4 Å². The number of imidazole rings is 1. The summed E-state index contributed by atoms with van der Waals surface area (Å²) in [5.41, 5.74) is 6.02. The molecule has 0 spiro atoms. The molecule has 5 rings (SSSR count).